The molecule has 1 aliphatic heterocycles. The Hall–Kier alpha value is -2.25. The first-order valence-corrected chi connectivity index (χ1v) is 8.91. The van der Waals surface area contributed by atoms with Gasteiger partial charge in [-0.3, -0.25) is 10.1 Å². The molecule has 1 aliphatic rings. The van der Waals surface area contributed by atoms with E-state index in [0.717, 1.165) is 28.5 Å². The van der Waals surface area contributed by atoms with Gasteiger partial charge in [0.25, 0.3) is 0 Å². The van der Waals surface area contributed by atoms with Gasteiger partial charge in [0.05, 0.1) is 24.5 Å². The SMILES string of the molecule is Cc1nn2cc(CNC(=O)[C@H]3CC[C@H](c4ccccc4)N3)nc2s1. The van der Waals surface area contributed by atoms with E-state index in [-0.39, 0.29) is 18.0 Å². The highest BCUT2D eigenvalue weighted by molar-refractivity contribution is 7.16. The molecule has 0 saturated carbocycles. The van der Waals surface area contributed by atoms with Crippen molar-refractivity contribution in [1.29, 1.82) is 0 Å². The first-order chi connectivity index (χ1) is 11.7. The van der Waals surface area contributed by atoms with Crippen LogP contribution in [0.3, 0.4) is 0 Å². The van der Waals surface area contributed by atoms with Gasteiger partial charge in [0.2, 0.25) is 10.9 Å². The van der Waals surface area contributed by atoms with Crippen molar-refractivity contribution < 1.29 is 4.79 Å². The van der Waals surface area contributed by atoms with Crippen LogP contribution in [-0.2, 0) is 11.3 Å². The topological polar surface area (TPSA) is 71.3 Å². The van der Waals surface area contributed by atoms with Crippen LogP contribution in [0.2, 0.25) is 0 Å². The van der Waals surface area contributed by atoms with Gasteiger partial charge >= 0.3 is 0 Å². The molecule has 1 aromatic carbocycles. The van der Waals surface area contributed by atoms with Gasteiger partial charge in [0.15, 0.2) is 0 Å². The van der Waals surface area contributed by atoms with E-state index in [4.69, 9.17) is 0 Å². The number of hydrogen-bond donors (Lipinski definition) is 2. The van der Waals surface area contributed by atoms with Gasteiger partial charge in [-0.15, -0.1) is 0 Å². The Morgan fingerprint density at radius 1 is 1.38 bits per heavy atom. The highest BCUT2D eigenvalue weighted by Gasteiger charge is 2.29. The molecule has 24 heavy (non-hydrogen) atoms. The molecule has 1 fully saturated rings. The van der Waals surface area contributed by atoms with Crippen molar-refractivity contribution in [3.05, 3.63) is 52.8 Å². The summed E-state index contributed by atoms with van der Waals surface area (Å²) < 4.78 is 1.76. The summed E-state index contributed by atoms with van der Waals surface area (Å²) in [5, 5.41) is 11.7. The van der Waals surface area contributed by atoms with Crippen LogP contribution < -0.4 is 10.6 Å². The van der Waals surface area contributed by atoms with Crippen LogP contribution in [0.4, 0.5) is 0 Å². The molecule has 0 bridgehead atoms. The standard InChI is InChI=1S/C17H19N5OS/c1-11-21-22-10-13(19-17(22)24-11)9-18-16(23)15-8-7-14(20-15)12-5-3-2-4-6-12/h2-6,10,14-15,20H,7-9H2,1H3,(H,18,23)/t14-,15-/m1/s1. The fourth-order valence-corrected chi connectivity index (χ4v) is 3.87. The summed E-state index contributed by atoms with van der Waals surface area (Å²) in [7, 11) is 0. The Balaban J connectivity index is 1.34. The molecule has 6 nitrogen and oxygen atoms in total. The summed E-state index contributed by atoms with van der Waals surface area (Å²) in [6.45, 7) is 2.39. The van der Waals surface area contributed by atoms with Gasteiger partial charge in [-0.2, -0.15) is 5.10 Å². The number of aromatic nitrogens is 3. The van der Waals surface area contributed by atoms with E-state index in [1.165, 1.54) is 5.56 Å². The van der Waals surface area contributed by atoms with Gasteiger partial charge in [0.1, 0.15) is 5.01 Å². The monoisotopic (exact) mass is 341 g/mol. The maximum Gasteiger partial charge on any atom is 0.237 e. The second-order valence-electron chi connectivity index (χ2n) is 6.06. The minimum atomic E-state index is -0.140. The molecule has 2 aromatic heterocycles. The average molecular weight is 341 g/mol. The van der Waals surface area contributed by atoms with Crippen molar-refractivity contribution in [1.82, 2.24) is 25.2 Å². The Morgan fingerprint density at radius 3 is 3.00 bits per heavy atom. The van der Waals surface area contributed by atoms with Crippen LogP contribution >= 0.6 is 11.3 Å². The number of rotatable bonds is 4. The molecule has 7 heteroatoms. The van der Waals surface area contributed by atoms with Crippen LogP contribution in [0.1, 0.15) is 35.1 Å². The van der Waals surface area contributed by atoms with E-state index >= 15 is 0 Å². The normalized spacial score (nSPS) is 20.5. The molecule has 124 valence electrons. The van der Waals surface area contributed by atoms with Crippen molar-refractivity contribution in [2.24, 2.45) is 0 Å². The summed E-state index contributed by atoms with van der Waals surface area (Å²) in [4.78, 5) is 17.7. The van der Waals surface area contributed by atoms with E-state index < -0.39 is 0 Å². The van der Waals surface area contributed by atoms with Crippen LogP contribution in [0, 0.1) is 6.92 Å². The lowest BCUT2D eigenvalue weighted by atomic mass is 10.1. The number of fused-ring (bicyclic) bond motifs is 1. The van der Waals surface area contributed by atoms with Crippen LogP contribution in [-0.4, -0.2) is 26.5 Å². The fraction of sp³-hybridized carbons (Fsp3) is 0.353. The van der Waals surface area contributed by atoms with E-state index in [0.29, 0.717) is 6.54 Å². The van der Waals surface area contributed by atoms with Crippen molar-refractivity contribution in [3.63, 3.8) is 0 Å². The number of aryl methyl sites for hydroxylation is 1. The largest absolute Gasteiger partial charge is 0.349 e. The smallest absolute Gasteiger partial charge is 0.237 e. The third-order valence-electron chi connectivity index (χ3n) is 4.30. The summed E-state index contributed by atoms with van der Waals surface area (Å²) in [5.74, 6) is 0.0360. The molecular formula is C17H19N5OS. The average Bonchev–Trinajstić information content (AvgIpc) is 3.27. The molecule has 2 N–H and O–H groups in total. The Kier molecular flexibility index (Phi) is 4.03. The van der Waals surface area contributed by atoms with Gasteiger partial charge in [-0.1, -0.05) is 41.7 Å². The third-order valence-corrected chi connectivity index (χ3v) is 5.14. The summed E-state index contributed by atoms with van der Waals surface area (Å²) in [6.07, 6.45) is 3.70. The van der Waals surface area contributed by atoms with E-state index in [1.54, 1.807) is 15.9 Å². The summed E-state index contributed by atoms with van der Waals surface area (Å²) in [5.41, 5.74) is 2.07. The predicted molar refractivity (Wildman–Crippen MR) is 92.8 cm³/mol. The molecule has 0 radical (unpaired) electrons. The predicted octanol–water partition coefficient (Wildman–Crippen LogP) is 2.21. The maximum absolute atomic E-state index is 12.4. The van der Waals surface area contributed by atoms with Gasteiger partial charge in [-0.25, -0.2) is 9.50 Å². The molecule has 0 spiro atoms. The van der Waals surface area contributed by atoms with E-state index in [1.807, 2.05) is 31.3 Å². The number of imidazole rings is 1. The zero-order valence-electron chi connectivity index (χ0n) is 13.4. The van der Waals surface area contributed by atoms with Crippen LogP contribution in [0.5, 0.6) is 0 Å². The number of hydrogen-bond acceptors (Lipinski definition) is 5. The van der Waals surface area contributed by atoms with Crippen molar-refractivity contribution in [2.45, 2.75) is 38.4 Å². The summed E-state index contributed by atoms with van der Waals surface area (Å²) in [6, 6.07) is 10.4. The number of benzene rings is 1. The first-order valence-electron chi connectivity index (χ1n) is 8.09. The molecule has 2 atom stereocenters. The number of amides is 1. The Bertz CT molecular complexity index is 825. The molecular weight excluding hydrogens is 322 g/mol. The first kappa shape index (κ1) is 15.3. The third kappa shape index (κ3) is 3.05. The Labute approximate surface area is 143 Å². The van der Waals surface area contributed by atoms with E-state index in [2.05, 4.69) is 32.8 Å². The second kappa shape index (κ2) is 6.33. The summed E-state index contributed by atoms with van der Waals surface area (Å²) >= 11 is 1.55. The van der Waals surface area contributed by atoms with Crippen LogP contribution in [0.25, 0.3) is 4.96 Å². The number of nitrogens with one attached hydrogen (secondary N) is 2. The fourth-order valence-electron chi connectivity index (χ4n) is 3.13. The zero-order valence-corrected chi connectivity index (χ0v) is 14.2. The number of carbonyl (C=O) groups excluding carboxylic acids is 1. The molecule has 1 saturated heterocycles. The van der Waals surface area contributed by atoms with E-state index in [9.17, 15) is 4.79 Å². The molecule has 4 rings (SSSR count). The van der Waals surface area contributed by atoms with Gasteiger partial charge in [0, 0.05) is 6.04 Å². The van der Waals surface area contributed by atoms with Crippen molar-refractivity contribution in [2.75, 3.05) is 0 Å². The van der Waals surface area contributed by atoms with Crippen LogP contribution in [0.15, 0.2) is 36.5 Å². The number of nitrogens with zero attached hydrogens (tertiary/aromatic N) is 3. The second-order valence-corrected chi connectivity index (χ2v) is 7.22. The van der Waals surface area contributed by atoms with Crippen molar-refractivity contribution >= 4 is 22.2 Å². The molecule has 0 unspecified atom stereocenters. The zero-order chi connectivity index (χ0) is 16.5. The van der Waals surface area contributed by atoms with Crippen molar-refractivity contribution in [3.8, 4) is 0 Å². The highest BCUT2D eigenvalue weighted by Crippen LogP contribution is 2.26. The van der Waals surface area contributed by atoms with Gasteiger partial charge in [-0.05, 0) is 25.3 Å². The lowest BCUT2D eigenvalue weighted by Gasteiger charge is -2.14. The maximum atomic E-state index is 12.4. The highest BCUT2D eigenvalue weighted by atomic mass is 32.1. The molecule has 1 amide bonds. The minimum Gasteiger partial charge on any atom is -0.349 e. The molecule has 3 heterocycles. The lowest BCUT2D eigenvalue weighted by Crippen LogP contribution is -2.40. The molecule has 0 aliphatic carbocycles. The minimum absolute atomic E-state index is 0.0360. The van der Waals surface area contributed by atoms with Gasteiger partial charge < -0.3 is 5.32 Å². The number of carbonyl (C=O) groups is 1. The Morgan fingerprint density at radius 2 is 2.21 bits per heavy atom. The molecule has 3 aromatic rings. The lowest BCUT2D eigenvalue weighted by molar-refractivity contribution is -0.123. The quantitative estimate of drug-likeness (QED) is 0.763.